The van der Waals surface area contributed by atoms with Gasteiger partial charge in [0.1, 0.15) is 0 Å². The zero-order chi connectivity index (χ0) is 13.7. The van der Waals surface area contributed by atoms with Crippen LogP contribution in [0.2, 0.25) is 0 Å². The molecule has 0 saturated carbocycles. The normalized spacial score (nSPS) is 11.1. The molecule has 0 atom stereocenters. The van der Waals surface area contributed by atoms with E-state index in [0.29, 0.717) is 0 Å². The van der Waals surface area contributed by atoms with Gasteiger partial charge in [0.15, 0.2) is 0 Å². The van der Waals surface area contributed by atoms with Crippen LogP contribution in [-0.4, -0.2) is 32.7 Å². The van der Waals surface area contributed by atoms with Crippen LogP contribution >= 0.6 is 0 Å². The Bertz CT molecular complexity index is 512. The molecule has 2 aromatic heterocycles. The molecule has 0 aliphatic heterocycles. The van der Waals surface area contributed by atoms with E-state index in [-0.39, 0.29) is 0 Å². The van der Waals surface area contributed by atoms with Crippen molar-refractivity contribution in [2.45, 2.75) is 33.2 Å². The molecule has 2 aromatic rings. The molecule has 0 amide bonds. The van der Waals surface area contributed by atoms with Crippen LogP contribution in [0.3, 0.4) is 0 Å². The standard InChI is InChI=1S/C14H23N5/c1-12-9-13(2)19(17-12)8-4-6-15-7-5-14-10-16-18(3)11-14/h9-11,15H,4-8H2,1-3H3. The highest BCUT2D eigenvalue weighted by Crippen LogP contribution is 2.02. The van der Waals surface area contributed by atoms with E-state index in [4.69, 9.17) is 0 Å². The number of aromatic nitrogens is 4. The Morgan fingerprint density at radius 1 is 1.26 bits per heavy atom. The summed E-state index contributed by atoms with van der Waals surface area (Å²) in [5.41, 5.74) is 3.63. The van der Waals surface area contributed by atoms with Crippen LogP contribution in [0.4, 0.5) is 0 Å². The number of rotatable bonds is 7. The molecule has 0 aliphatic rings. The summed E-state index contributed by atoms with van der Waals surface area (Å²) in [4.78, 5) is 0. The molecule has 2 rings (SSSR count). The summed E-state index contributed by atoms with van der Waals surface area (Å²) in [5, 5.41) is 12.1. The van der Waals surface area contributed by atoms with Crippen LogP contribution in [0.1, 0.15) is 23.4 Å². The predicted octanol–water partition coefficient (Wildman–Crippen LogP) is 1.46. The molecule has 0 saturated heterocycles. The van der Waals surface area contributed by atoms with E-state index < -0.39 is 0 Å². The first-order valence-electron chi connectivity index (χ1n) is 6.84. The number of nitrogens with one attached hydrogen (secondary N) is 1. The van der Waals surface area contributed by atoms with Gasteiger partial charge in [-0.25, -0.2) is 0 Å². The maximum absolute atomic E-state index is 4.46. The summed E-state index contributed by atoms with van der Waals surface area (Å²) in [6, 6.07) is 2.12. The molecule has 19 heavy (non-hydrogen) atoms. The summed E-state index contributed by atoms with van der Waals surface area (Å²) >= 11 is 0. The van der Waals surface area contributed by atoms with E-state index in [1.165, 1.54) is 11.3 Å². The molecular formula is C14H23N5. The van der Waals surface area contributed by atoms with Gasteiger partial charge in [0.25, 0.3) is 0 Å². The van der Waals surface area contributed by atoms with E-state index >= 15 is 0 Å². The number of hydrogen-bond acceptors (Lipinski definition) is 3. The lowest BCUT2D eigenvalue weighted by molar-refractivity contribution is 0.533. The van der Waals surface area contributed by atoms with Gasteiger partial charge in [0.2, 0.25) is 0 Å². The zero-order valence-electron chi connectivity index (χ0n) is 12.1. The lowest BCUT2D eigenvalue weighted by atomic mass is 10.2. The first-order chi connectivity index (χ1) is 9.15. The summed E-state index contributed by atoms with van der Waals surface area (Å²) in [5.74, 6) is 0. The highest BCUT2D eigenvalue weighted by atomic mass is 15.3. The van der Waals surface area contributed by atoms with Crippen molar-refractivity contribution in [2.24, 2.45) is 7.05 Å². The van der Waals surface area contributed by atoms with E-state index in [9.17, 15) is 0 Å². The molecule has 0 unspecified atom stereocenters. The van der Waals surface area contributed by atoms with Crippen LogP contribution < -0.4 is 5.32 Å². The van der Waals surface area contributed by atoms with Gasteiger partial charge in [-0.15, -0.1) is 0 Å². The van der Waals surface area contributed by atoms with Crippen LogP contribution in [0.25, 0.3) is 0 Å². The molecular weight excluding hydrogens is 238 g/mol. The summed E-state index contributed by atoms with van der Waals surface area (Å²) in [6.45, 7) is 7.16. The van der Waals surface area contributed by atoms with E-state index in [1.807, 2.05) is 24.9 Å². The van der Waals surface area contributed by atoms with Gasteiger partial charge in [0.05, 0.1) is 11.9 Å². The Labute approximate surface area is 114 Å². The van der Waals surface area contributed by atoms with Crippen molar-refractivity contribution < 1.29 is 0 Å². The molecule has 5 nitrogen and oxygen atoms in total. The Balaban J connectivity index is 1.58. The average Bonchev–Trinajstić information content (AvgIpc) is 2.90. The minimum absolute atomic E-state index is 0.986. The Morgan fingerprint density at radius 3 is 2.74 bits per heavy atom. The number of hydrogen-bond donors (Lipinski definition) is 1. The Hall–Kier alpha value is -1.62. The quantitative estimate of drug-likeness (QED) is 0.768. The maximum Gasteiger partial charge on any atom is 0.0596 e. The minimum atomic E-state index is 0.986. The second-order valence-corrected chi connectivity index (χ2v) is 5.03. The van der Waals surface area contributed by atoms with Gasteiger partial charge in [-0.3, -0.25) is 9.36 Å². The van der Waals surface area contributed by atoms with Gasteiger partial charge in [-0.2, -0.15) is 10.2 Å². The summed E-state index contributed by atoms with van der Waals surface area (Å²) < 4.78 is 3.93. The van der Waals surface area contributed by atoms with Crippen LogP contribution in [0, 0.1) is 13.8 Å². The second kappa shape index (κ2) is 6.52. The fraction of sp³-hybridized carbons (Fsp3) is 0.571. The van der Waals surface area contributed by atoms with Gasteiger partial charge in [-0.1, -0.05) is 0 Å². The van der Waals surface area contributed by atoms with E-state index in [0.717, 1.165) is 38.2 Å². The number of aryl methyl sites for hydroxylation is 4. The molecule has 104 valence electrons. The third-order valence-electron chi connectivity index (χ3n) is 3.18. The SMILES string of the molecule is Cc1cc(C)n(CCCNCCc2cnn(C)c2)n1. The lowest BCUT2D eigenvalue weighted by Crippen LogP contribution is -2.20. The molecule has 2 heterocycles. The van der Waals surface area contributed by atoms with Gasteiger partial charge < -0.3 is 5.32 Å². The van der Waals surface area contributed by atoms with Crippen molar-refractivity contribution in [2.75, 3.05) is 13.1 Å². The first kappa shape index (κ1) is 13.8. The fourth-order valence-corrected chi connectivity index (χ4v) is 2.21. The lowest BCUT2D eigenvalue weighted by Gasteiger charge is -2.05. The van der Waals surface area contributed by atoms with E-state index in [1.54, 1.807) is 0 Å². The smallest absolute Gasteiger partial charge is 0.0596 e. The summed E-state index contributed by atoms with van der Waals surface area (Å²) in [6.07, 6.45) is 6.14. The van der Waals surface area contributed by atoms with Crippen molar-refractivity contribution >= 4 is 0 Å². The van der Waals surface area contributed by atoms with Gasteiger partial charge in [-0.05, 0) is 51.4 Å². The third kappa shape index (κ3) is 4.21. The van der Waals surface area contributed by atoms with Gasteiger partial charge >= 0.3 is 0 Å². The molecule has 0 aromatic carbocycles. The predicted molar refractivity (Wildman–Crippen MR) is 76.1 cm³/mol. The molecule has 0 fully saturated rings. The fourth-order valence-electron chi connectivity index (χ4n) is 2.21. The maximum atomic E-state index is 4.46. The Morgan fingerprint density at radius 2 is 2.11 bits per heavy atom. The highest BCUT2D eigenvalue weighted by molar-refractivity contribution is 5.06. The van der Waals surface area contributed by atoms with Crippen molar-refractivity contribution in [3.63, 3.8) is 0 Å². The zero-order valence-corrected chi connectivity index (χ0v) is 12.1. The highest BCUT2D eigenvalue weighted by Gasteiger charge is 2.00. The molecule has 0 bridgehead atoms. The first-order valence-corrected chi connectivity index (χ1v) is 6.84. The Kier molecular flexibility index (Phi) is 4.74. The minimum Gasteiger partial charge on any atom is -0.316 e. The van der Waals surface area contributed by atoms with Crippen LogP contribution in [-0.2, 0) is 20.0 Å². The molecule has 0 radical (unpaired) electrons. The van der Waals surface area contributed by atoms with Crippen LogP contribution in [0.5, 0.6) is 0 Å². The summed E-state index contributed by atoms with van der Waals surface area (Å²) in [7, 11) is 1.95. The number of nitrogens with zero attached hydrogens (tertiary/aromatic N) is 4. The molecule has 0 aliphatic carbocycles. The third-order valence-corrected chi connectivity index (χ3v) is 3.18. The monoisotopic (exact) mass is 261 g/mol. The van der Waals surface area contributed by atoms with Crippen molar-refractivity contribution in [1.29, 1.82) is 0 Å². The van der Waals surface area contributed by atoms with Crippen LogP contribution in [0.15, 0.2) is 18.5 Å². The molecule has 5 heteroatoms. The average molecular weight is 261 g/mol. The molecule has 1 N–H and O–H groups in total. The van der Waals surface area contributed by atoms with E-state index in [2.05, 4.69) is 39.4 Å². The van der Waals surface area contributed by atoms with Crippen molar-refractivity contribution in [3.05, 3.63) is 35.4 Å². The van der Waals surface area contributed by atoms with Gasteiger partial charge in [0, 0.05) is 25.5 Å². The molecule has 0 spiro atoms. The topological polar surface area (TPSA) is 47.7 Å². The van der Waals surface area contributed by atoms with Crippen molar-refractivity contribution in [3.8, 4) is 0 Å². The largest absolute Gasteiger partial charge is 0.316 e. The van der Waals surface area contributed by atoms with Crippen molar-refractivity contribution in [1.82, 2.24) is 24.9 Å². The second-order valence-electron chi connectivity index (χ2n) is 5.03.